The van der Waals surface area contributed by atoms with Crippen LogP contribution in [0.15, 0.2) is 35.9 Å². The minimum absolute atomic E-state index is 0.717. The zero-order chi connectivity index (χ0) is 18.0. The number of benzene rings is 2. The average molecular weight is 335 g/mol. The zero-order valence-electron chi connectivity index (χ0n) is 16.3. The van der Waals surface area contributed by atoms with Crippen molar-refractivity contribution in [2.24, 2.45) is 0 Å². The fourth-order valence-electron chi connectivity index (χ4n) is 4.00. The van der Waals surface area contributed by atoms with Crippen LogP contribution in [0.5, 0.6) is 5.75 Å². The Morgan fingerprint density at radius 1 is 0.920 bits per heavy atom. The van der Waals surface area contributed by atoms with E-state index in [4.69, 9.17) is 4.74 Å². The molecular weight excluding hydrogens is 304 g/mol. The van der Waals surface area contributed by atoms with Crippen molar-refractivity contribution in [3.63, 3.8) is 0 Å². The summed E-state index contributed by atoms with van der Waals surface area (Å²) >= 11 is 0. The SMILES string of the molecule is CCc1ccc(OCC2=C(c3ccc(C)cc3C)CCC2)c(C)c1C. The van der Waals surface area contributed by atoms with Crippen LogP contribution in [0, 0.1) is 27.7 Å². The lowest BCUT2D eigenvalue weighted by molar-refractivity contribution is 0.346. The summed E-state index contributed by atoms with van der Waals surface area (Å²) in [6.07, 6.45) is 4.66. The number of hydrogen-bond acceptors (Lipinski definition) is 1. The summed E-state index contributed by atoms with van der Waals surface area (Å²) in [6, 6.07) is 11.2. The third kappa shape index (κ3) is 3.66. The lowest BCUT2D eigenvalue weighted by Crippen LogP contribution is -2.04. The van der Waals surface area contributed by atoms with Gasteiger partial charge in [-0.25, -0.2) is 0 Å². The third-order valence-corrected chi connectivity index (χ3v) is 5.67. The van der Waals surface area contributed by atoms with Crippen LogP contribution < -0.4 is 4.74 Å². The first-order valence-corrected chi connectivity index (χ1v) is 9.51. The number of allylic oxidation sites excluding steroid dienone is 1. The molecule has 0 aromatic heterocycles. The van der Waals surface area contributed by atoms with Crippen molar-refractivity contribution < 1.29 is 4.74 Å². The van der Waals surface area contributed by atoms with Gasteiger partial charge in [-0.05, 0) is 98.4 Å². The average Bonchev–Trinajstić information content (AvgIpc) is 3.04. The molecule has 0 radical (unpaired) electrons. The largest absolute Gasteiger partial charge is 0.489 e. The van der Waals surface area contributed by atoms with Crippen molar-refractivity contribution in [1.82, 2.24) is 0 Å². The zero-order valence-corrected chi connectivity index (χ0v) is 16.3. The predicted molar refractivity (Wildman–Crippen MR) is 107 cm³/mol. The molecule has 1 aliphatic rings. The van der Waals surface area contributed by atoms with Crippen molar-refractivity contribution in [3.8, 4) is 5.75 Å². The van der Waals surface area contributed by atoms with Gasteiger partial charge in [-0.2, -0.15) is 0 Å². The highest BCUT2D eigenvalue weighted by molar-refractivity contribution is 5.73. The van der Waals surface area contributed by atoms with Crippen molar-refractivity contribution in [2.45, 2.75) is 60.3 Å². The van der Waals surface area contributed by atoms with Gasteiger partial charge in [0.05, 0.1) is 0 Å². The van der Waals surface area contributed by atoms with Crippen molar-refractivity contribution in [3.05, 3.63) is 69.3 Å². The molecule has 25 heavy (non-hydrogen) atoms. The summed E-state index contributed by atoms with van der Waals surface area (Å²) < 4.78 is 6.26. The second-order valence-electron chi connectivity index (χ2n) is 7.37. The molecule has 1 heteroatoms. The van der Waals surface area contributed by atoms with Gasteiger partial charge in [-0.3, -0.25) is 0 Å². The summed E-state index contributed by atoms with van der Waals surface area (Å²) in [6.45, 7) is 11.7. The monoisotopic (exact) mass is 334 g/mol. The maximum atomic E-state index is 6.26. The number of hydrogen-bond donors (Lipinski definition) is 0. The Hall–Kier alpha value is -2.02. The predicted octanol–water partition coefficient (Wildman–Crippen LogP) is 6.50. The van der Waals surface area contributed by atoms with Crippen molar-refractivity contribution in [2.75, 3.05) is 6.61 Å². The normalized spacial score (nSPS) is 14.3. The number of aryl methyl sites for hydroxylation is 3. The first kappa shape index (κ1) is 17.8. The van der Waals surface area contributed by atoms with Crippen LogP contribution in [0.3, 0.4) is 0 Å². The molecule has 132 valence electrons. The summed E-state index contributed by atoms with van der Waals surface area (Å²) in [5.41, 5.74) is 11.2. The molecule has 1 aliphatic carbocycles. The topological polar surface area (TPSA) is 9.23 Å². The van der Waals surface area contributed by atoms with Gasteiger partial charge >= 0.3 is 0 Å². The molecule has 0 bridgehead atoms. The Morgan fingerprint density at radius 3 is 2.44 bits per heavy atom. The highest BCUT2D eigenvalue weighted by Crippen LogP contribution is 2.36. The van der Waals surface area contributed by atoms with E-state index in [0.29, 0.717) is 6.61 Å². The smallest absolute Gasteiger partial charge is 0.122 e. The highest BCUT2D eigenvalue weighted by atomic mass is 16.5. The second kappa shape index (κ2) is 7.47. The van der Waals surface area contributed by atoms with Gasteiger partial charge in [-0.15, -0.1) is 0 Å². The first-order valence-electron chi connectivity index (χ1n) is 9.51. The van der Waals surface area contributed by atoms with E-state index in [0.717, 1.165) is 18.6 Å². The van der Waals surface area contributed by atoms with Crippen LogP contribution in [0.4, 0.5) is 0 Å². The van der Waals surface area contributed by atoms with Gasteiger partial charge in [0.1, 0.15) is 12.4 Å². The molecule has 2 aromatic carbocycles. The van der Waals surface area contributed by atoms with Crippen LogP contribution in [0.25, 0.3) is 5.57 Å². The Bertz CT molecular complexity index is 811. The first-order chi connectivity index (χ1) is 12.0. The number of rotatable bonds is 5. The van der Waals surface area contributed by atoms with E-state index >= 15 is 0 Å². The molecule has 0 spiro atoms. The molecule has 0 saturated carbocycles. The Morgan fingerprint density at radius 2 is 1.72 bits per heavy atom. The highest BCUT2D eigenvalue weighted by Gasteiger charge is 2.18. The van der Waals surface area contributed by atoms with Gasteiger partial charge in [0, 0.05) is 0 Å². The Balaban J connectivity index is 1.83. The Kier molecular flexibility index (Phi) is 5.32. The molecule has 0 aliphatic heterocycles. The van der Waals surface area contributed by atoms with Crippen LogP contribution in [-0.4, -0.2) is 6.61 Å². The summed E-state index contributed by atoms with van der Waals surface area (Å²) in [7, 11) is 0. The molecule has 2 aromatic rings. The summed E-state index contributed by atoms with van der Waals surface area (Å²) in [5, 5.41) is 0. The lowest BCUT2D eigenvalue weighted by atomic mass is 9.96. The summed E-state index contributed by atoms with van der Waals surface area (Å²) in [5.74, 6) is 1.04. The van der Waals surface area contributed by atoms with Gasteiger partial charge < -0.3 is 4.74 Å². The molecule has 1 nitrogen and oxygen atoms in total. The Labute approximate surface area is 152 Å². The molecular formula is C24H30O. The van der Waals surface area contributed by atoms with Gasteiger partial charge in [0.2, 0.25) is 0 Å². The van der Waals surface area contributed by atoms with E-state index in [2.05, 4.69) is 65.0 Å². The number of ether oxygens (including phenoxy) is 1. The van der Waals surface area contributed by atoms with Crippen LogP contribution in [0.2, 0.25) is 0 Å². The van der Waals surface area contributed by atoms with Crippen LogP contribution in [0.1, 0.15) is 59.6 Å². The van der Waals surface area contributed by atoms with Gasteiger partial charge in [0.15, 0.2) is 0 Å². The van der Waals surface area contributed by atoms with Crippen molar-refractivity contribution in [1.29, 1.82) is 0 Å². The molecule has 0 N–H and O–H groups in total. The quantitative estimate of drug-likeness (QED) is 0.606. The fraction of sp³-hybridized carbons (Fsp3) is 0.417. The molecule has 3 rings (SSSR count). The van der Waals surface area contributed by atoms with E-state index < -0.39 is 0 Å². The van der Waals surface area contributed by atoms with E-state index in [1.807, 2.05) is 0 Å². The van der Waals surface area contributed by atoms with E-state index in [1.54, 1.807) is 0 Å². The summed E-state index contributed by atoms with van der Waals surface area (Å²) in [4.78, 5) is 0. The second-order valence-corrected chi connectivity index (χ2v) is 7.37. The van der Waals surface area contributed by atoms with E-state index in [9.17, 15) is 0 Å². The third-order valence-electron chi connectivity index (χ3n) is 5.67. The molecule has 0 saturated heterocycles. The van der Waals surface area contributed by atoms with Crippen LogP contribution >= 0.6 is 0 Å². The molecule has 0 amide bonds. The van der Waals surface area contributed by atoms with Crippen LogP contribution in [-0.2, 0) is 6.42 Å². The minimum Gasteiger partial charge on any atom is -0.489 e. The van der Waals surface area contributed by atoms with E-state index in [1.165, 1.54) is 57.4 Å². The maximum Gasteiger partial charge on any atom is 0.122 e. The molecule has 0 heterocycles. The lowest BCUT2D eigenvalue weighted by Gasteiger charge is -2.16. The maximum absolute atomic E-state index is 6.26. The van der Waals surface area contributed by atoms with E-state index in [-0.39, 0.29) is 0 Å². The van der Waals surface area contributed by atoms with Crippen molar-refractivity contribution >= 4 is 5.57 Å². The molecule has 0 atom stereocenters. The minimum atomic E-state index is 0.717. The standard InChI is InChI=1S/C24H30O/c1-6-20-11-13-24(19(5)18(20)4)25-15-21-8-7-9-23(21)22-12-10-16(2)14-17(22)3/h10-14H,6-9,15H2,1-5H3. The molecule has 0 unspecified atom stereocenters. The molecule has 0 fully saturated rings. The fourth-order valence-corrected chi connectivity index (χ4v) is 4.00. The van der Waals surface area contributed by atoms with Gasteiger partial charge in [0.25, 0.3) is 0 Å². The van der Waals surface area contributed by atoms with Gasteiger partial charge in [-0.1, -0.05) is 36.8 Å².